The number of nitrogens with one attached hydrogen (secondary N) is 2. The van der Waals surface area contributed by atoms with E-state index in [4.69, 9.17) is 16.2 Å². The number of nitrogens with two attached hydrogens (primary N) is 2. The number of amides is 1. The van der Waals surface area contributed by atoms with Crippen LogP contribution >= 0.6 is 0 Å². The number of carbonyl (C=O) groups excluding carboxylic acids is 1. The molecule has 6 N–H and O–H groups in total. The predicted molar refractivity (Wildman–Crippen MR) is 127 cm³/mol. The van der Waals surface area contributed by atoms with Crippen LogP contribution in [0, 0.1) is 5.82 Å². The second-order valence-corrected chi connectivity index (χ2v) is 8.62. The van der Waals surface area contributed by atoms with E-state index >= 15 is 0 Å². The summed E-state index contributed by atoms with van der Waals surface area (Å²) >= 11 is 0. The van der Waals surface area contributed by atoms with Crippen LogP contribution in [0.15, 0.2) is 36.5 Å². The Labute approximate surface area is 191 Å². The molecule has 33 heavy (non-hydrogen) atoms. The molecule has 2 heterocycles. The van der Waals surface area contributed by atoms with Gasteiger partial charge in [0, 0.05) is 29.4 Å². The van der Waals surface area contributed by atoms with Crippen LogP contribution in [0.3, 0.4) is 0 Å². The van der Waals surface area contributed by atoms with Gasteiger partial charge in [-0.25, -0.2) is 14.4 Å². The average Bonchev–Trinajstić information content (AvgIpc) is 2.77. The first-order valence-corrected chi connectivity index (χ1v) is 11.2. The Kier molecular flexibility index (Phi) is 6.60. The van der Waals surface area contributed by atoms with Crippen molar-refractivity contribution in [1.29, 1.82) is 0 Å². The molecule has 0 saturated heterocycles. The van der Waals surface area contributed by atoms with Gasteiger partial charge in [0.25, 0.3) is 5.91 Å². The fourth-order valence-corrected chi connectivity index (χ4v) is 4.07. The lowest BCUT2D eigenvalue weighted by molar-refractivity contribution is 0.100. The second kappa shape index (κ2) is 9.58. The number of hydrogen-bond donors (Lipinski definition) is 4. The molecule has 0 radical (unpaired) electrons. The minimum absolute atomic E-state index is 0.00866. The molecule has 4 rings (SSSR count). The maximum absolute atomic E-state index is 14.7. The molecule has 1 aromatic carbocycles. The van der Waals surface area contributed by atoms with Crippen molar-refractivity contribution in [2.45, 2.75) is 57.7 Å². The molecule has 0 bridgehead atoms. The zero-order valence-corrected chi connectivity index (χ0v) is 18.8. The Morgan fingerprint density at radius 3 is 2.70 bits per heavy atom. The third-order valence-electron chi connectivity index (χ3n) is 5.72. The summed E-state index contributed by atoms with van der Waals surface area (Å²) in [6.07, 6.45) is 5.45. The highest BCUT2D eigenvalue weighted by atomic mass is 19.1. The number of benzene rings is 1. The molecule has 9 heteroatoms. The number of primary amides is 1. The smallest absolute Gasteiger partial charge is 0.252 e. The van der Waals surface area contributed by atoms with E-state index < -0.39 is 11.7 Å². The highest BCUT2D eigenvalue weighted by Gasteiger charge is 2.24. The van der Waals surface area contributed by atoms with Gasteiger partial charge in [-0.1, -0.05) is 12.8 Å². The van der Waals surface area contributed by atoms with Gasteiger partial charge < -0.3 is 26.8 Å². The number of pyridine rings is 2. The van der Waals surface area contributed by atoms with Crippen LogP contribution in [-0.4, -0.2) is 34.1 Å². The molecular formula is C24H29FN6O2. The standard InChI is InChI=1S/C24H29FN6O2/c1-13(2)33-24-16-8-7-15(11-14(16)9-10-28-24)29-22-17(21(27)32)12-18(25)23(31-22)30-20-6-4-3-5-19(20)26/h7-13,19-20H,3-6,26H2,1-2H3,(H2,27,32)(H2,29,30,31). The summed E-state index contributed by atoms with van der Waals surface area (Å²) in [5.41, 5.74) is 12.3. The molecule has 1 aliphatic carbocycles. The fourth-order valence-electron chi connectivity index (χ4n) is 4.07. The van der Waals surface area contributed by atoms with Crippen molar-refractivity contribution >= 4 is 34.0 Å². The summed E-state index contributed by atoms with van der Waals surface area (Å²) in [6, 6.07) is 8.37. The maximum atomic E-state index is 14.7. The van der Waals surface area contributed by atoms with Crippen LogP contribution in [0.2, 0.25) is 0 Å². The molecule has 1 amide bonds. The molecule has 0 spiro atoms. The first-order valence-electron chi connectivity index (χ1n) is 11.2. The maximum Gasteiger partial charge on any atom is 0.252 e. The van der Waals surface area contributed by atoms with Gasteiger partial charge in [0.05, 0.1) is 11.7 Å². The number of hydrogen-bond acceptors (Lipinski definition) is 7. The van der Waals surface area contributed by atoms with Gasteiger partial charge in [0.2, 0.25) is 5.88 Å². The highest BCUT2D eigenvalue weighted by molar-refractivity contribution is 5.99. The van der Waals surface area contributed by atoms with Crippen molar-refractivity contribution < 1.29 is 13.9 Å². The van der Waals surface area contributed by atoms with E-state index in [0.717, 1.165) is 42.5 Å². The van der Waals surface area contributed by atoms with Crippen LogP contribution < -0.4 is 26.8 Å². The molecule has 174 valence electrons. The molecule has 3 aromatic rings. The second-order valence-electron chi connectivity index (χ2n) is 8.62. The van der Waals surface area contributed by atoms with Crippen LogP contribution in [0.25, 0.3) is 10.8 Å². The average molecular weight is 453 g/mol. The summed E-state index contributed by atoms with van der Waals surface area (Å²) in [5.74, 6) is -0.665. The van der Waals surface area contributed by atoms with E-state index in [2.05, 4.69) is 20.6 Å². The Morgan fingerprint density at radius 2 is 1.97 bits per heavy atom. The SMILES string of the molecule is CC(C)Oc1nccc2cc(Nc3nc(NC4CCCCC4N)c(F)cc3C(N)=O)ccc12. The largest absolute Gasteiger partial charge is 0.475 e. The predicted octanol–water partition coefficient (Wildman–Crippen LogP) is 4.08. The number of nitrogens with zero attached hydrogens (tertiary/aromatic N) is 2. The number of rotatable bonds is 7. The van der Waals surface area contributed by atoms with Crippen LogP contribution in [0.1, 0.15) is 49.9 Å². The monoisotopic (exact) mass is 452 g/mol. The van der Waals surface area contributed by atoms with Gasteiger partial charge in [-0.05, 0) is 62.4 Å². The Hall–Kier alpha value is -3.46. The van der Waals surface area contributed by atoms with E-state index in [0.29, 0.717) is 11.6 Å². The Balaban J connectivity index is 1.66. The van der Waals surface area contributed by atoms with E-state index in [1.807, 2.05) is 38.1 Å². The van der Waals surface area contributed by atoms with Crippen molar-refractivity contribution in [3.63, 3.8) is 0 Å². The molecule has 0 aliphatic heterocycles. The lowest BCUT2D eigenvalue weighted by Gasteiger charge is -2.30. The minimum atomic E-state index is -0.776. The number of ether oxygens (including phenoxy) is 1. The molecule has 2 aromatic heterocycles. The van der Waals surface area contributed by atoms with Crippen molar-refractivity contribution in [2.24, 2.45) is 11.5 Å². The lowest BCUT2D eigenvalue weighted by Crippen LogP contribution is -2.43. The first kappa shape index (κ1) is 22.7. The van der Waals surface area contributed by atoms with E-state index in [1.165, 1.54) is 0 Å². The van der Waals surface area contributed by atoms with E-state index in [1.54, 1.807) is 6.20 Å². The molecule has 2 atom stereocenters. The van der Waals surface area contributed by atoms with Crippen LogP contribution in [-0.2, 0) is 0 Å². The van der Waals surface area contributed by atoms with Gasteiger partial charge in [-0.3, -0.25) is 4.79 Å². The summed E-state index contributed by atoms with van der Waals surface area (Å²) < 4.78 is 20.5. The third kappa shape index (κ3) is 5.14. The first-order chi connectivity index (χ1) is 15.8. The van der Waals surface area contributed by atoms with Crippen LogP contribution in [0.5, 0.6) is 5.88 Å². The lowest BCUT2D eigenvalue weighted by atomic mass is 9.91. The number of anilines is 3. The summed E-state index contributed by atoms with van der Waals surface area (Å²) in [4.78, 5) is 20.7. The van der Waals surface area contributed by atoms with Crippen molar-refractivity contribution in [2.75, 3.05) is 10.6 Å². The third-order valence-corrected chi connectivity index (χ3v) is 5.72. The van der Waals surface area contributed by atoms with Crippen molar-refractivity contribution in [1.82, 2.24) is 9.97 Å². The van der Waals surface area contributed by atoms with Gasteiger partial charge in [0.1, 0.15) is 5.82 Å². The number of carbonyl (C=O) groups is 1. The van der Waals surface area contributed by atoms with Gasteiger partial charge in [-0.2, -0.15) is 0 Å². The molecule has 1 saturated carbocycles. The summed E-state index contributed by atoms with van der Waals surface area (Å²) in [6.45, 7) is 3.88. The number of aromatic nitrogens is 2. The molecule has 2 unspecified atom stereocenters. The number of halogens is 1. The normalized spacial score (nSPS) is 18.3. The van der Waals surface area contributed by atoms with E-state index in [-0.39, 0.29) is 35.4 Å². The summed E-state index contributed by atoms with van der Waals surface area (Å²) in [7, 11) is 0. The quantitative estimate of drug-likeness (QED) is 0.425. The van der Waals surface area contributed by atoms with Gasteiger partial charge in [0.15, 0.2) is 11.6 Å². The molecular weight excluding hydrogens is 423 g/mol. The minimum Gasteiger partial charge on any atom is -0.475 e. The molecule has 1 aliphatic rings. The topological polar surface area (TPSA) is 128 Å². The Bertz CT molecular complexity index is 1170. The number of fused-ring (bicyclic) bond motifs is 1. The molecule has 8 nitrogen and oxygen atoms in total. The van der Waals surface area contributed by atoms with Crippen molar-refractivity contribution in [3.8, 4) is 5.88 Å². The van der Waals surface area contributed by atoms with Gasteiger partial charge in [-0.15, -0.1) is 0 Å². The highest BCUT2D eigenvalue weighted by Crippen LogP contribution is 2.30. The molecule has 1 fully saturated rings. The van der Waals surface area contributed by atoms with Crippen molar-refractivity contribution in [3.05, 3.63) is 47.9 Å². The van der Waals surface area contributed by atoms with E-state index in [9.17, 15) is 9.18 Å². The summed E-state index contributed by atoms with van der Waals surface area (Å²) in [5, 5.41) is 7.97. The zero-order valence-electron chi connectivity index (χ0n) is 18.8. The van der Waals surface area contributed by atoms with Crippen LogP contribution in [0.4, 0.5) is 21.7 Å². The fraction of sp³-hybridized carbons (Fsp3) is 0.375. The van der Waals surface area contributed by atoms with Gasteiger partial charge >= 0.3 is 0 Å². The zero-order chi connectivity index (χ0) is 23.5. The Morgan fingerprint density at radius 1 is 1.18 bits per heavy atom.